The summed E-state index contributed by atoms with van der Waals surface area (Å²) in [6, 6.07) is 0.108. The lowest BCUT2D eigenvalue weighted by Crippen LogP contribution is -2.54. The first-order valence-electron chi connectivity index (χ1n) is 7.71. The minimum Gasteiger partial charge on any atom is -0.481 e. The molecule has 3 atom stereocenters. The van der Waals surface area contributed by atoms with Crippen molar-refractivity contribution < 1.29 is 19.4 Å². The highest BCUT2D eigenvalue weighted by Crippen LogP contribution is 2.24. The van der Waals surface area contributed by atoms with Crippen molar-refractivity contribution in [3.8, 4) is 0 Å². The van der Waals surface area contributed by atoms with Gasteiger partial charge in [-0.2, -0.15) is 0 Å². The summed E-state index contributed by atoms with van der Waals surface area (Å²) in [5.74, 6) is -1.09. The van der Waals surface area contributed by atoms with Crippen molar-refractivity contribution in [3.05, 3.63) is 0 Å². The van der Waals surface area contributed by atoms with Gasteiger partial charge in [0.1, 0.15) is 0 Å². The molecule has 1 fully saturated rings. The molecule has 0 aromatic carbocycles. The second kappa shape index (κ2) is 8.22. The van der Waals surface area contributed by atoms with Gasteiger partial charge in [0, 0.05) is 32.3 Å². The molecule has 6 nitrogen and oxygen atoms in total. The van der Waals surface area contributed by atoms with Crippen LogP contribution in [0.1, 0.15) is 40.0 Å². The summed E-state index contributed by atoms with van der Waals surface area (Å²) < 4.78 is 5.09. The molecule has 1 rings (SSSR count). The lowest BCUT2D eigenvalue weighted by Gasteiger charge is -2.41. The van der Waals surface area contributed by atoms with Gasteiger partial charge in [0.15, 0.2) is 0 Å². The summed E-state index contributed by atoms with van der Waals surface area (Å²) in [7, 11) is 1.63. The quantitative estimate of drug-likeness (QED) is 0.815. The van der Waals surface area contributed by atoms with E-state index >= 15 is 0 Å². The van der Waals surface area contributed by atoms with Crippen LogP contribution < -0.4 is 0 Å². The lowest BCUT2D eigenvalue weighted by molar-refractivity contribution is -0.143. The third-order valence-corrected chi connectivity index (χ3v) is 4.38. The molecule has 0 radical (unpaired) electrons. The highest BCUT2D eigenvalue weighted by Gasteiger charge is 2.34. The van der Waals surface area contributed by atoms with Crippen molar-refractivity contribution in [1.29, 1.82) is 0 Å². The minimum absolute atomic E-state index is 0.00209. The Morgan fingerprint density at radius 1 is 1.48 bits per heavy atom. The number of amides is 2. The fourth-order valence-electron chi connectivity index (χ4n) is 2.76. The van der Waals surface area contributed by atoms with Gasteiger partial charge in [0.05, 0.1) is 12.5 Å². The Bertz CT molecular complexity index is 362. The molecule has 2 amide bonds. The van der Waals surface area contributed by atoms with Crippen LogP contribution in [0.2, 0.25) is 0 Å². The Hall–Kier alpha value is -1.30. The number of piperidine rings is 1. The molecule has 21 heavy (non-hydrogen) atoms. The molecule has 1 saturated heterocycles. The van der Waals surface area contributed by atoms with Crippen LogP contribution in [-0.2, 0) is 9.53 Å². The fourth-order valence-corrected chi connectivity index (χ4v) is 2.76. The van der Waals surface area contributed by atoms with E-state index in [0.717, 1.165) is 6.42 Å². The number of carboxylic acids is 1. The van der Waals surface area contributed by atoms with Crippen LogP contribution in [0.3, 0.4) is 0 Å². The number of urea groups is 1. The Balaban J connectivity index is 2.72. The van der Waals surface area contributed by atoms with Gasteiger partial charge < -0.3 is 19.6 Å². The highest BCUT2D eigenvalue weighted by molar-refractivity contribution is 5.76. The number of carbonyl (C=O) groups excluding carboxylic acids is 1. The number of carboxylic acid groups (broad SMARTS) is 1. The summed E-state index contributed by atoms with van der Waals surface area (Å²) in [4.78, 5) is 27.5. The number of hydrogen-bond donors (Lipinski definition) is 1. The zero-order valence-corrected chi connectivity index (χ0v) is 13.5. The zero-order valence-electron chi connectivity index (χ0n) is 13.5. The van der Waals surface area contributed by atoms with Gasteiger partial charge >= 0.3 is 12.0 Å². The van der Waals surface area contributed by atoms with E-state index in [9.17, 15) is 9.59 Å². The van der Waals surface area contributed by atoms with Crippen molar-refractivity contribution in [2.75, 3.05) is 26.8 Å². The van der Waals surface area contributed by atoms with Gasteiger partial charge in [-0.1, -0.05) is 6.92 Å². The number of likely N-dealkylation sites (tertiary alicyclic amines) is 1. The maximum absolute atomic E-state index is 12.7. The summed E-state index contributed by atoms with van der Waals surface area (Å²) in [6.45, 7) is 7.60. The standard InChI is InChI=1S/C15H28N2O4/c1-5-11(2)17(8-9-21-4)15(20)16-7-6-13(14(18)19)10-12(16)3/h11-13H,5-10H2,1-4H3,(H,18,19). The molecule has 3 unspecified atom stereocenters. The molecule has 1 aliphatic rings. The molecule has 6 heteroatoms. The molecule has 1 N–H and O–H groups in total. The highest BCUT2D eigenvalue weighted by atomic mass is 16.5. The van der Waals surface area contributed by atoms with Crippen LogP contribution >= 0.6 is 0 Å². The maximum atomic E-state index is 12.7. The number of aliphatic carboxylic acids is 1. The third kappa shape index (κ3) is 4.59. The van der Waals surface area contributed by atoms with Crippen molar-refractivity contribution in [2.45, 2.75) is 52.1 Å². The van der Waals surface area contributed by atoms with Crippen LogP contribution in [0.4, 0.5) is 4.79 Å². The smallest absolute Gasteiger partial charge is 0.320 e. The maximum Gasteiger partial charge on any atom is 0.320 e. The van der Waals surface area contributed by atoms with Gasteiger partial charge in [-0.25, -0.2) is 4.79 Å². The van der Waals surface area contributed by atoms with E-state index in [-0.39, 0.29) is 24.0 Å². The van der Waals surface area contributed by atoms with E-state index in [4.69, 9.17) is 9.84 Å². The molecule has 1 aliphatic heterocycles. The van der Waals surface area contributed by atoms with Crippen LogP contribution in [0.5, 0.6) is 0 Å². The van der Waals surface area contributed by atoms with Crippen molar-refractivity contribution in [3.63, 3.8) is 0 Å². The topological polar surface area (TPSA) is 70.1 Å². The Labute approximate surface area is 127 Å². The first kappa shape index (κ1) is 17.8. The second-order valence-electron chi connectivity index (χ2n) is 5.83. The zero-order chi connectivity index (χ0) is 16.0. The first-order chi connectivity index (χ1) is 9.92. The second-order valence-corrected chi connectivity index (χ2v) is 5.83. The predicted molar refractivity (Wildman–Crippen MR) is 80.3 cm³/mol. The summed E-state index contributed by atoms with van der Waals surface area (Å²) in [5, 5.41) is 9.10. The lowest BCUT2D eigenvalue weighted by atomic mass is 9.92. The molecule has 0 saturated carbocycles. The van der Waals surface area contributed by atoms with E-state index in [1.807, 2.05) is 18.7 Å². The molecule has 1 heterocycles. The summed E-state index contributed by atoms with van der Waals surface area (Å²) in [6.07, 6.45) is 1.94. The molecular weight excluding hydrogens is 272 g/mol. The van der Waals surface area contributed by atoms with E-state index in [2.05, 4.69) is 6.92 Å². The van der Waals surface area contributed by atoms with Gasteiger partial charge in [-0.15, -0.1) is 0 Å². The number of methoxy groups -OCH3 is 1. The van der Waals surface area contributed by atoms with Crippen molar-refractivity contribution >= 4 is 12.0 Å². The Kier molecular flexibility index (Phi) is 6.95. The Morgan fingerprint density at radius 3 is 2.62 bits per heavy atom. The minimum atomic E-state index is -0.757. The van der Waals surface area contributed by atoms with Crippen LogP contribution in [-0.4, -0.2) is 65.8 Å². The van der Waals surface area contributed by atoms with Crippen LogP contribution in [0.15, 0.2) is 0 Å². The Morgan fingerprint density at radius 2 is 2.14 bits per heavy atom. The SMILES string of the molecule is CCC(C)N(CCOC)C(=O)N1CCC(C(=O)O)CC1C. The van der Waals surface area contributed by atoms with Gasteiger partial charge in [0.25, 0.3) is 0 Å². The monoisotopic (exact) mass is 300 g/mol. The third-order valence-electron chi connectivity index (χ3n) is 4.38. The predicted octanol–water partition coefficient (Wildman–Crippen LogP) is 2.04. The van der Waals surface area contributed by atoms with E-state index in [0.29, 0.717) is 32.5 Å². The molecule has 0 spiro atoms. The normalized spacial score (nSPS) is 23.7. The first-order valence-corrected chi connectivity index (χ1v) is 7.71. The molecule has 0 bridgehead atoms. The van der Waals surface area contributed by atoms with Crippen molar-refractivity contribution in [2.24, 2.45) is 5.92 Å². The molecule has 0 aromatic heterocycles. The number of rotatable bonds is 6. The van der Waals surface area contributed by atoms with Gasteiger partial charge in [0.2, 0.25) is 0 Å². The average Bonchev–Trinajstić information content (AvgIpc) is 2.46. The molecular formula is C15H28N2O4. The summed E-state index contributed by atoms with van der Waals surface area (Å²) in [5.41, 5.74) is 0. The van der Waals surface area contributed by atoms with Crippen molar-refractivity contribution in [1.82, 2.24) is 9.80 Å². The summed E-state index contributed by atoms with van der Waals surface area (Å²) >= 11 is 0. The number of ether oxygens (including phenoxy) is 1. The van der Waals surface area contributed by atoms with E-state index < -0.39 is 5.97 Å². The molecule has 0 aliphatic carbocycles. The van der Waals surface area contributed by atoms with Gasteiger partial charge in [-0.05, 0) is 33.1 Å². The molecule has 122 valence electrons. The average molecular weight is 300 g/mol. The number of hydrogen-bond acceptors (Lipinski definition) is 3. The fraction of sp³-hybridized carbons (Fsp3) is 0.867. The van der Waals surface area contributed by atoms with Crippen LogP contribution in [0, 0.1) is 5.92 Å². The van der Waals surface area contributed by atoms with Crippen LogP contribution in [0.25, 0.3) is 0 Å². The number of carbonyl (C=O) groups is 2. The van der Waals surface area contributed by atoms with Gasteiger partial charge in [-0.3, -0.25) is 4.79 Å². The van der Waals surface area contributed by atoms with E-state index in [1.165, 1.54) is 0 Å². The number of nitrogens with zero attached hydrogens (tertiary/aromatic N) is 2. The largest absolute Gasteiger partial charge is 0.481 e. The molecule has 0 aromatic rings. The van der Waals surface area contributed by atoms with E-state index in [1.54, 1.807) is 12.0 Å².